The minimum atomic E-state index is -0.508. The number of hydrogen-bond acceptors (Lipinski definition) is 5. The second-order valence-electron chi connectivity index (χ2n) is 7.04. The Hall–Kier alpha value is -3.38. The number of nitrogens with zero attached hydrogens (tertiary/aromatic N) is 1. The maximum Gasteiger partial charge on any atom is 0.163 e. The Morgan fingerprint density at radius 2 is 2.00 bits per heavy atom. The highest BCUT2D eigenvalue weighted by Crippen LogP contribution is 2.36. The van der Waals surface area contributed by atoms with E-state index < -0.39 is 5.82 Å². The minimum Gasteiger partial charge on any atom is -0.486 e. The van der Waals surface area contributed by atoms with Crippen LogP contribution in [0.25, 0.3) is 5.70 Å². The number of nitrogens with two attached hydrogens (primary N) is 1. The third-order valence-corrected chi connectivity index (χ3v) is 5.34. The summed E-state index contributed by atoms with van der Waals surface area (Å²) < 4.78 is 26.0. The molecule has 0 bridgehead atoms. The zero-order valence-electron chi connectivity index (χ0n) is 17.1. The van der Waals surface area contributed by atoms with Gasteiger partial charge in [-0.1, -0.05) is 37.2 Å². The van der Waals surface area contributed by atoms with Crippen molar-refractivity contribution in [1.82, 2.24) is 4.90 Å². The van der Waals surface area contributed by atoms with E-state index in [1.807, 2.05) is 48.3 Å². The Morgan fingerprint density at radius 3 is 2.74 bits per heavy atom. The van der Waals surface area contributed by atoms with Crippen LogP contribution in [0.5, 0.6) is 11.5 Å². The predicted octanol–water partition coefficient (Wildman–Crippen LogP) is 5.63. The molecule has 31 heavy (non-hydrogen) atoms. The van der Waals surface area contributed by atoms with Crippen LogP contribution in [0.4, 0.5) is 10.1 Å². The van der Waals surface area contributed by atoms with E-state index in [1.54, 1.807) is 12.1 Å². The molecule has 7 heteroatoms. The summed E-state index contributed by atoms with van der Waals surface area (Å²) in [6, 6.07) is 9.97. The van der Waals surface area contributed by atoms with Gasteiger partial charge in [0, 0.05) is 23.1 Å². The Kier molecular flexibility index (Phi) is 5.91. The number of ether oxygens (including phenoxy) is 2. The molecule has 2 aromatic rings. The van der Waals surface area contributed by atoms with Gasteiger partial charge < -0.3 is 20.5 Å². The first-order chi connectivity index (χ1) is 15.0. The van der Waals surface area contributed by atoms with Gasteiger partial charge >= 0.3 is 0 Å². The Morgan fingerprint density at radius 1 is 1.23 bits per heavy atom. The van der Waals surface area contributed by atoms with E-state index in [1.165, 1.54) is 6.07 Å². The first-order valence-corrected chi connectivity index (χ1v) is 10.3. The Balaban J connectivity index is 1.85. The zero-order chi connectivity index (χ0) is 22.0. The highest BCUT2D eigenvalue weighted by molar-refractivity contribution is 6.32. The van der Waals surface area contributed by atoms with Crippen LogP contribution in [0.1, 0.15) is 18.9 Å². The molecule has 0 atom stereocenters. The van der Waals surface area contributed by atoms with Crippen molar-refractivity contribution in [2.45, 2.75) is 13.3 Å². The quantitative estimate of drug-likeness (QED) is 0.632. The van der Waals surface area contributed by atoms with E-state index in [4.69, 9.17) is 26.8 Å². The molecule has 5 nitrogen and oxygen atoms in total. The second kappa shape index (κ2) is 8.78. The monoisotopic (exact) mass is 439 g/mol. The van der Waals surface area contributed by atoms with Crippen LogP contribution < -0.4 is 20.5 Å². The lowest BCUT2D eigenvalue weighted by Crippen LogP contribution is -2.29. The molecule has 2 aliphatic rings. The molecular weight excluding hydrogens is 417 g/mol. The highest BCUT2D eigenvalue weighted by Gasteiger charge is 2.24. The summed E-state index contributed by atoms with van der Waals surface area (Å²) in [7, 11) is 0. The van der Waals surface area contributed by atoms with Crippen LogP contribution in [0.2, 0.25) is 5.02 Å². The van der Waals surface area contributed by atoms with Gasteiger partial charge in [0.25, 0.3) is 0 Å². The Bertz CT molecular complexity index is 1100. The first-order valence-electron chi connectivity index (χ1n) is 9.96. The fourth-order valence-electron chi connectivity index (χ4n) is 3.54. The van der Waals surface area contributed by atoms with Gasteiger partial charge in [-0.15, -0.1) is 0 Å². The van der Waals surface area contributed by atoms with Crippen LogP contribution in [-0.2, 0) is 0 Å². The number of fused-ring (bicyclic) bond motifs is 1. The molecule has 4 rings (SSSR count). The van der Waals surface area contributed by atoms with E-state index in [0.29, 0.717) is 48.3 Å². The third kappa shape index (κ3) is 4.11. The number of nitrogens with one attached hydrogen (secondary N) is 1. The van der Waals surface area contributed by atoms with Crippen molar-refractivity contribution < 1.29 is 13.9 Å². The van der Waals surface area contributed by atoms with Crippen LogP contribution >= 0.6 is 11.6 Å². The van der Waals surface area contributed by atoms with Gasteiger partial charge in [-0.25, -0.2) is 4.39 Å². The van der Waals surface area contributed by atoms with E-state index >= 15 is 0 Å². The number of halogens is 2. The standard InChI is InChI=1S/C24H23ClFN3O2/c1-3-17-7-4-6-15(2)29(17)24(23(27)22-18(25)8-5-9-19(22)26)28-16-10-11-20-21(14-16)31-13-12-30-20/h4-11,14,28H,2-3,12-13,27H2,1H3/b24-23-. The number of hydrogen-bond donors (Lipinski definition) is 2. The molecule has 3 N–H and O–H groups in total. The molecule has 2 aromatic carbocycles. The number of rotatable bonds is 5. The molecule has 0 aromatic heterocycles. The molecule has 0 unspecified atom stereocenters. The van der Waals surface area contributed by atoms with Gasteiger partial charge in [0.1, 0.15) is 24.9 Å². The summed E-state index contributed by atoms with van der Waals surface area (Å²) in [4.78, 5) is 1.87. The average Bonchev–Trinajstić information content (AvgIpc) is 2.77. The third-order valence-electron chi connectivity index (χ3n) is 5.03. The van der Waals surface area contributed by atoms with E-state index in [9.17, 15) is 4.39 Å². The number of anilines is 1. The van der Waals surface area contributed by atoms with Gasteiger partial charge in [-0.2, -0.15) is 0 Å². The normalized spacial score (nSPS) is 16.0. The van der Waals surface area contributed by atoms with Crippen molar-refractivity contribution in [3.8, 4) is 11.5 Å². The fourth-order valence-corrected chi connectivity index (χ4v) is 3.81. The number of allylic oxidation sites excluding steroid dienone is 4. The summed E-state index contributed by atoms with van der Waals surface area (Å²) in [6.07, 6.45) is 6.47. The lowest BCUT2D eigenvalue weighted by atomic mass is 10.1. The highest BCUT2D eigenvalue weighted by atomic mass is 35.5. The second-order valence-corrected chi connectivity index (χ2v) is 7.45. The summed E-state index contributed by atoms with van der Waals surface area (Å²) in [5.74, 6) is 1.24. The summed E-state index contributed by atoms with van der Waals surface area (Å²) in [5.41, 5.74) is 9.17. The molecule has 0 amide bonds. The van der Waals surface area contributed by atoms with Gasteiger partial charge in [0.05, 0.1) is 16.3 Å². The zero-order valence-corrected chi connectivity index (χ0v) is 17.9. The molecule has 2 aliphatic heterocycles. The molecule has 0 aliphatic carbocycles. The molecule has 0 saturated heterocycles. The lowest BCUT2D eigenvalue weighted by Gasteiger charge is -2.33. The van der Waals surface area contributed by atoms with Gasteiger partial charge in [0.2, 0.25) is 0 Å². The minimum absolute atomic E-state index is 0.127. The van der Waals surface area contributed by atoms with Crippen molar-refractivity contribution in [2.75, 3.05) is 18.5 Å². The van der Waals surface area contributed by atoms with Gasteiger partial charge in [-0.05, 0) is 42.8 Å². The van der Waals surface area contributed by atoms with Crippen LogP contribution in [0, 0.1) is 5.82 Å². The van der Waals surface area contributed by atoms with Crippen molar-refractivity contribution >= 4 is 23.0 Å². The largest absolute Gasteiger partial charge is 0.486 e. The van der Waals surface area contributed by atoms with Crippen LogP contribution in [-0.4, -0.2) is 18.1 Å². The molecule has 0 spiro atoms. The van der Waals surface area contributed by atoms with E-state index in [-0.39, 0.29) is 16.3 Å². The van der Waals surface area contributed by atoms with Crippen LogP contribution in [0.3, 0.4) is 0 Å². The molecule has 0 fully saturated rings. The predicted molar refractivity (Wildman–Crippen MR) is 122 cm³/mol. The van der Waals surface area contributed by atoms with E-state index in [2.05, 4.69) is 11.9 Å². The molecular formula is C24H23ClFN3O2. The smallest absolute Gasteiger partial charge is 0.163 e. The first kappa shape index (κ1) is 20.9. The molecule has 0 radical (unpaired) electrons. The Labute approximate surface area is 185 Å². The topological polar surface area (TPSA) is 59.8 Å². The average molecular weight is 440 g/mol. The maximum absolute atomic E-state index is 14.7. The number of benzene rings is 2. The molecule has 0 saturated carbocycles. The summed E-state index contributed by atoms with van der Waals surface area (Å²) in [5, 5.41) is 3.55. The summed E-state index contributed by atoms with van der Waals surface area (Å²) in [6.45, 7) is 7.15. The fraction of sp³-hybridized carbons (Fsp3) is 0.167. The molecule has 2 heterocycles. The van der Waals surface area contributed by atoms with Gasteiger partial charge in [-0.3, -0.25) is 4.90 Å². The van der Waals surface area contributed by atoms with Crippen molar-refractivity contribution in [2.24, 2.45) is 5.73 Å². The van der Waals surface area contributed by atoms with Crippen molar-refractivity contribution in [3.05, 3.63) is 94.8 Å². The van der Waals surface area contributed by atoms with Crippen LogP contribution in [0.15, 0.2) is 78.4 Å². The van der Waals surface area contributed by atoms with E-state index in [0.717, 1.165) is 5.70 Å². The lowest BCUT2D eigenvalue weighted by molar-refractivity contribution is 0.171. The molecule has 160 valence electrons. The summed E-state index contributed by atoms with van der Waals surface area (Å²) >= 11 is 6.32. The maximum atomic E-state index is 14.7. The SMILES string of the molecule is C=C1C=CC=C(CC)N1/C(Nc1ccc2c(c1)OCCO2)=C(\N)c1c(F)cccc1Cl. The van der Waals surface area contributed by atoms with Crippen molar-refractivity contribution in [3.63, 3.8) is 0 Å². The van der Waals surface area contributed by atoms with Crippen molar-refractivity contribution in [1.29, 1.82) is 0 Å². The van der Waals surface area contributed by atoms with Gasteiger partial charge in [0.15, 0.2) is 11.5 Å².